The molecule has 0 aliphatic carbocycles. The number of carbonyl (C=O) groups is 1. The third-order valence-corrected chi connectivity index (χ3v) is 0.497. The normalized spacial score (nSPS) is 11.0. The van der Waals surface area contributed by atoms with Crippen LogP contribution in [0.2, 0.25) is 0 Å². The van der Waals surface area contributed by atoms with Crippen molar-refractivity contribution < 1.29 is 25.2 Å². The fourth-order valence-corrected chi connectivity index (χ4v) is 0.0926. The van der Waals surface area contributed by atoms with E-state index in [1.54, 1.807) is 0 Å². The smallest absolute Gasteiger partial charge is 0.344 e. The second kappa shape index (κ2) is 2.27. The lowest BCUT2D eigenvalue weighted by atomic mass is 10.7. The van der Waals surface area contributed by atoms with Crippen molar-refractivity contribution in [2.75, 3.05) is 0 Å². The molecule has 0 spiro atoms. The van der Waals surface area contributed by atoms with E-state index in [9.17, 15) is 4.79 Å². The molecule has 0 amide bonds. The van der Waals surface area contributed by atoms with E-state index in [0.717, 1.165) is 0 Å². The Morgan fingerprint density at radius 1 is 1.62 bits per heavy atom. The molecule has 6 heteroatoms. The van der Waals surface area contributed by atoms with Crippen LogP contribution in [-0.2, 0) is 9.68 Å². The van der Waals surface area contributed by atoms with Crippen LogP contribution in [0.5, 0.6) is 0 Å². The maximum absolute atomic E-state index is 9.73. The highest BCUT2D eigenvalue weighted by Crippen LogP contribution is 2.05. The molecule has 0 radical (unpaired) electrons. The van der Waals surface area contributed by atoms with Gasteiger partial charge in [-0.25, -0.2) is 4.79 Å². The summed E-state index contributed by atoms with van der Waals surface area (Å²) in [4.78, 5) is 12.6. The van der Waals surface area contributed by atoms with Gasteiger partial charge in [0, 0.05) is 0 Å². The molecule has 0 bridgehead atoms. The van der Waals surface area contributed by atoms with Gasteiger partial charge in [-0.15, -0.1) is 0 Å². The van der Waals surface area contributed by atoms with Crippen LogP contribution in [0.15, 0.2) is 0 Å². The Morgan fingerprint density at radius 2 is 2.00 bits per heavy atom. The van der Waals surface area contributed by atoms with E-state index in [1.165, 1.54) is 0 Å². The average Bonchev–Trinajstić information content (AvgIpc) is 1.62. The summed E-state index contributed by atoms with van der Waals surface area (Å²) in [5.41, 5.74) is 0. The first-order valence-corrected chi connectivity index (χ1v) is 1.85. The molecule has 8 heavy (non-hydrogen) atoms. The fourth-order valence-electron chi connectivity index (χ4n) is 0.0581. The molecule has 0 aliphatic heterocycles. The van der Waals surface area contributed by atoms with Crippen LogP contribution in [0.3, 0.4) is 0 Å². The van der Waals surface area contributed by atoms with Crippen molar-refractivity contribution in [2.24, 2.45) is 0 Å². The van der Waals surface area contributed by atoms with Crippen LogP contribution < -0.4 is 0 Å². The molecule has 0 rings (SSSR count). The second-order valence-corrected chi connectivity index (χ2v) is 1.49. The maximum Gasteiger partial charge on any atom is 0.417 e. The topological polar surface area (TPSA) is 87.0 Å². The molecule has 0 saturated heterocycles. The highest BCUT2D eigenvalue weighted by Gasteiger charge is 2.32. The quantitative estimate of drug-likeness (QED) is 0.187. The summed E-state index contributed by atoms with van der Waals surface area (Å²) in [5.74, 6) is -1.74. The molecule has 0 fully saturated rings. The maximum atomic E-state index is 9.73. The van der Waals surface area contributed by atoms with E-state index < -0.39 is 11.2 Å². The lowest BCUT2D eigenvalue weighted by Crippen LogP contribution is -2.32. The first kappa shape index (κ1) is 7.64. The predicted molar refractivity (Wildman–Crippen MR) is 21.7 cm³/mol. The van der Waals surface area contributed by atoms with Crippen LogP contribution in [0.1, 0.15) is 0 Å². The molecule has 0 aromatic rings. The van der Waals surface area contributed by atoms with Crippen molar-refractivity contribution in [1.82, 2.24) is 0 Å². The Morgan fingerprint density at radius 3 is 2.00 bits per heavy atom. The molecule has 0 unspecified atom stereocenters. The van der Waals surface area contributed by atoms with Crippen molar-refractivity contribution in [3.8, 4) is 0 Å². The summed E-state index contributed by atoms with van der Waals surface area (Å²) >= 11 is 4.46. The van der Waals surface area contributed by atoms with Gasteiger partial charge in [-0.1, -0.05) is 0 Å². The molecule has 0 aliphatic rings. The van der Waals surface area contributed by atoms with Crippen molar-refractivity contribution in [3.63, 3.8) is 0 Å². The number of hydrogen-bond acceptors (Lipinski definition) is 5. The van der Waals surface area contributed by atoms with Gasteiger partial charge in [0.1, 0.15) is 0 Å². The van der Waals surface area contributed by atoms with Gasteiger partial charge >= 0.3 is 11.2 Å². The largest absolute Gasteiger partial charge is 0.417 e. The zero-order valence-electron chi connectivity index (χ0n) is 3.54. The zero-order chi connectivity index (χ0) is 6.78. The van der Waals surface area contributed by atoms with Gasteiger partial charge in [0.2, 0.25) is 0 Å². The monoisotopic (exact) mass is 142 g/mol. The molecule has 3 N–H and O–H groups in total. The molecule has 0 aromatic carbocycles. The van der Waals surface area contributed by atoms with Gasteiger partial charge in [-0.3, -0.25) is 4.89 Å². The highest BCUT2D eigenvalue weighted by molar-refractivity contribution is 6.30. The molecule has 0 aromatic heterocycles. The minimum Gasteiger partial charge on any atom is -0.344 e. The molecular formula is C2H3ClO5. The predicted octanol–water partition coefficient (Wildman–Crippen LogP) is -1.12. The molecule has 0 heterocycles. The van der Waals surface area contributed by atoms with Gasteiger partial charge in [-0.2, -0.15) is 5.26 Å². The van der Waals surface area contributed by atoms with Gasteiger partial charge < -0.3 is 10.2 Å². The van der Waals surface area contributed by atoms with E-state index in [2.05, 4.69) is 16.5 Å². The number of rotatable bonds is 1. The summed E-state index contributed by atoms with van der Waals surface area (Å²) in [6.07, 6.45) is 0. The molecule has 5 nitrogen and oxygen atoms in total. The summed E-state index contributed by atoms with van der Waals surface area (Å²) in [6, 6.07) is 0. The summed E-state index contributed by atoms with van der Waals surface area (Å²) in [7, 11) is 0. The fraction of sp³-hybridized carbons (Fsp3) is 0.500. The molecule has 48 valence electrons. The van der Waals surface area contributed by atoms with Gasteiger partial charge in [-0.05, 0) is 11.6 Å². The average molecular weight is 142 g/mol. The SMILES string of the molecule is O=C(OO)C(O)(O)Cl. The standard InChI is InChI=1S/C2H3ClO5/c3-2(5,6)1(4)8-7/h5-7H. The van der Waals surface area contributed by atoms with Gasteiger partial charge in [0.15, 0.2) is 0 Å². The Bertz CT molecular complexity index is 93.1. The van der Waals surface area contributed by atoms with Crippen molar-refractivity contribution in [3.05, 3.63) is 0 Å². The zero-order valence-corrected chi connectivity index (χ0v) is 4.29. The second-order valence-electron chi connectivity index (χ2n) is 0.966. The Labute approximate surface area is 49.0 Å². The number of carbonyl (C=O) groups excluding carboxylic acids is 1. The van der Waals surface area contributed by atoms with Crippen molar-refractivity contribution in [1.29, 1.82) is 0 Å². The minimum atomic E-state index is -3.13. The van der Waals surface area contributed by atoms with E-state index in [-0.39, 0.29) is 0 Å². The van der Waals surface area contributed by atoms with E-state index in [4.69, 9.17) is 15.5 Å². The third kappa shape index (κ3) is 2.08. The number of aliphatic hydroxyl groups is 2. The lowest BCUT2D eigenvalue weighted by Gasteiger charge is -2.05. The van der Waals surface area contributed by atoms with Crippen LogP contribution >= 0.6 is 11.6 Å². The first-order valence-electron chi connectivity index (χ1n) is 1.48. The van der Waals surface area contributed by atoms with Crippen LogP contribution in [0.4, 0.5) is 0 Å². The van der Waals surface area contributed by atoms with E-state index in [1.807, 2.05) is 0 Å². The van der Waals surface area contributed by atoms with Gasteiger partial charge in [0.05, 0.1) is 0 Å². The lowest BCUT2D eigenvalue weighted by molar-refractivity contribution is -0.262. The Balaban J connectivity index is 3.82. The number of halogens is 1. The number of alkyl halides is 1. The minimum absolute atomic E-state index is 1.74. The Hall–Kier alpha value is -0.360. The first-order chi connectivity index (χ1) is 3.48. The van der Waals surface area contributed by atoms with E-state index in [0.29, 0.717) is 0 Å². The molecule has 0 atom stereocenters. The van der Waals surface area contributed by atoms with Crippen molar-refractivity contribution >= 4 is 17.6 Å². The summed E-state index contributed by atoms with van der Waals surface area (Å²) < 4.78 is 0. The van der Waals surface area contributed by atoms with Gasteiger partial charge in [0.25, 0.3) is 0 Å². The summed E-state index contributed by atoms with van der Waals surface area (Å²) in [6.45, 7) is 0. The third-order valence-electron chi connectivity index (χ3n) is 0.343. The molecular weight excluding hydrogens is 139 g/mol. The van der Waals surface area contributed by atoms with Crippen molar-refractivity contribution in [2.45, 2.75) is 5.25 Å². The summed E-state index contributed by atoms with van der Waals surface area (Å²) in [5, 5.41) is 20.2. The molecule has 0 saturated carbocycles. The number of hydrogen-bond donors (Lipinski definition) is 3. The Kier molecular flexibility index (Phi) is 2.17. The van der Waals surface area contributed by atoms with E-state index >= 15 is 0 Å². The van der Waals surface area contributed by atoms with Crippen LogP contribution in [-0.4, -0.2) is 26.7 Å². The van der Waals surface area contributed by atoms with Crippen LogP contribution in [0.25, 0.3) is 0 Å². The highest BCUT2D eigenvalue weighted by atomic mass is 35.5. The van der Waals surface area contributed by atoms with Crippen LogP contribution in [0, 0.1) is 0 Å².